The second kappa shape index (κ2) is 5.20. The minimum absolute atomic E-state index is 0.522. The predicted octanol–water partition coefficient (Wildman–Crippen LogP) is 4.38. The van der Waals surface area contributed by atoms with E-state index in [2.05, 4.69) is 19.0 Å². The van der Waals surface area contributed by atoms with Gasteiger partial charge < -0.3 is 5.32 Å². The second-order valence-corrected chi connectivity index (χ2v) is 6.17. The van der Waals surface area contributed by atoms with Crippen molar-refractivity contribution in [2.45, 2.75) is 13.5 Å². The number of nitrogens with zero attached hydrogens (tertiary/aromatic N) is 3. The molecule has 2 aromatic heterocycles. The van der Waals surface area contributed by atoms with Gasteiger partial charge in [0.2, 0.25) is 0 Å². The molecule has 4 nitrogen and oxygen atoms in total. The molecule has 0 saturated heterocycles. The van der Waals surface area contributed by atoms with Crippen LogP contribution in [0.1, 0.15) is 10.6 Å². The number of anilines is 1. The smallest absolute Gasteiger partial charge is 0.130 e. The molecule has 0 aliphatic heterocycles. The molecule has 0 aliphatic rings. The molecule has 0 unspecified atom stereocenters. The summed E-state index contributed by atoms with van der Waals surface area (Å²) in [5.74, 6) is 0. The molecule has 0 spiro atoms. The van der Waals surface area contributed by atoms with Crippen LogP contribution in [0.5, 0.6) is 0 Å². The van der Waals surface area contributed by atoms with Crippen molar-refractivity contribution in [3.05, 3.63) is 32.2 Å². The van der Waals surface area contributed by atoms with Crippen LogP contribution < -0.4 is 5.32 Å². The van der Waals surface area contributed by atoms with Crippen LogP contribution in [0.3, 0.4) is 0 Å². The Bertz CT molecular complexity index is 737. The Morgan fingerprint density at radius 2 is 2.00 bits per heavy atom. The third-order valence-electron chi connectivity index (χ3n) is 2.71. The fourth-order valence-corrected chi connectivity index (χ4v) is 3.60. The summed E-state index contributed by atoms with van der Waals surface area (Å²) in [7, 11) is 0. The van der Waals surface area contributed by atoms with Gasteiger partial charge in [0, 0.05) is 4.88 Å². The van der Waals surface area contributed by atoms with Gasteiger partial charge in [0.1, 0.15) is 11.0 Å². The molecule has 8 heteroatoms. The fraction of sp³-hybridized carbons (Fsp3) is 0.182. The number of hydrogen-bond donors (Lipinski definition) is 1. The summed E-state index contributed by atoms with van der Waals surface area (Å²) in [6.45, 7) is 2.64. The van der Waals surface area contributed by atoms with Crippen LogP contribution in [0.2, 0.25) is 10.0 Å². The van der Waals surface area contributed by atoms with E-state index in [1.807, 2.05) is 12.4 Å². The highest BCUT2D eigenvalue weighted by molar-refractivity contribution is 7.09. The van der Waals surface area contributed by atoms with Crippen molar-refractivity contribution in [2.75, 3.05) is 5.32 Å². The van der Waals surface area contributed by atoms with E-state index in [4.69, 9.17) is 23.2 Å². The first-order valence-electron chi connectivity index (χ1n) is 5.40. The molecule has 3 aromatic rings. The first-order valence-corrected chi connectivity index (χ1v) is 7.76. The maximum absolute atomic E-state index is 6.22. The van der Waals surface area contributed by atoms with E-state index in [-0.39, 0.29) is 0 Å². The Hall–Kier alpha value is -0.950. The molecule has 98 valence electrons. The van der Waals surface area contributed by atoms with Gasteiger partial charge in [0.15, 0.2) is 0 Å². The average molecular weight is 331 g/mol. The normalized spacial score (nSPS) is 11.1. The van der Waals surface area contributed by atoms with Crippen LogP contribution in [0.25, 0.3) is 11.0 Å². The number of thiazole rings is 1. The number of aromatic nitrogens is 3. The molecule has 2 heterocycles. The third-order valence-corrected chi connectivity index (χ3v) is 4.76. The number of hydrogen-bond acceptors (Lipinski definition) is 6. The monoisotopic (exact) mass is 330 g/mol. The van der Waals surface area contributed by atoms with Gasteiger partial charge >= 0.3 is 0 Å². The van der Waals surface area contributed by atoms with Gasteiger partial charge in [-0.15, -0.1) is 11.3 Å². The van der Waals surface area contributed by atoms with Crippen molar-refractivity contribution in [1.82, 2.24) is 13.7 Å². The quantitative estimate of drug-likeness (QED) is 0.774. The van der Waals surface area contributed by atoms with Crippen molar-refractivity contribution in [1.29, 1.82) is 0 Å². The van der Waals surface area contributed by atoms with Gasteiger partial charge in [-0.05, 0) is 13.0 Å². The van der Waals surface area contributed by atoms with Crippen LogP contribution in [-0.2, 0) is 6.54 Å². The largest absolute Gasteiger partial charge is 0.377 e. The molecule has 0 fully saturated rings. The summed E-state index contributed by atoms with van der Waals surface area (Å²) < 4.78 is 8.42. The number of rotatable bonds is 3. The molecule has 0 saturated carbocycles. The summed E-state index contributed by atoms with van der Waals surface area (Å²) in [5.41, 5.74) is 5.01. The van der Waals surface area contributed by atoms with Crippen molar-refractivity contribution in [2.24, 2.45) is 0 Å². The van der Waals surface area contributed by atoms with Crippen molar-refractivity contribution < 1.29 is 0 Å². The Labute approximate surface area is 127 Å². The topological polar surface area (TPSA) is 50.7 Å². The highest BCUT2D eigenvalue weighted by atomic mass is 35.5. The van der Waals surface area contributed by atoms with Crippen LogP contribution in [0.15, 0.2) is 11.6 Å². The van der Waals surface area contributed by atoms with Gasteiger partial charge in [-0.3, -0.25) is 0 Å². The molecule has 0 aliphatic carbocycles. The summed E-state index contributed by atoms with van der Waals surface area (Å²) in [6, 6.07) is 1.69. The zero-order valence-corrected chi connectivity index (χ0v) is 12.9. The molecule has 0 amide bonds. The van der Waals surface area contributed by atoms with Crippen molar-refractivity contribution in [3.63, 3.8) is 0 Å². The molecule has 0 bridgehead atoms. The SMILES string of the molecule is Cc1ncsc1CNc1c(Cl)cc(Cl)c2nsnc12. The number of fused-ring (bicyclic) bond motifs is 1. The molecule has 0 atom stereocenters. The molecule has 1 N–H and O–H groups in total. The highest BCUT2D eigenvalue weighted by Gasteiger charge is 2.14. The highest BCUT2D eigenvalue weighted by Crippen LogP contribution is 2.35. The lowest BCUT2D eigenvalue weighted by Crippen LogP contribution is -2.00. The summed E-state index contributed by atoms with van der Waals surface area (Å²) >= 11 is 15.0. The summed E-state index contributed by atoms with van der Waals surface area (Å²) in [6.07, 6.45) is 0. The Morgan fingerprint density at radius 1 is 1.21 bits per heavy atom. The molecular formula is C11H8Cl2N4S2. The molecule has 3 rings (SSSR count). The van der Waals surface area contributed by atoms with Crippen LogP contribution in [0, 0.1) is 6.92 Å². The maximum atomic E-state index is 6.22. The number of benzene rings is 1. The summed E-state index contributed by atoms with van der Waals surface area (Å²) in [4.78, 5) is 5.39. The van der Waals surface area contributed by atoms with Gasteiger partial charge in [-0.2, -0.15) is 8.75 Å². The lowest BCUT2D eigenvalue weighted by molar-refractivity contribution is 1.12. The zero-order valence-electron chi connectivity index (χ0n) is 9.78. The van der Waals surface area contributed by atoms with Crippen LogP contribution in [-0.4, -0.2) is 13.7 Å². The Kier molecular flexibility index (Phi) is 3.58. The molecule has 1 aromatic carbocycles. The zero-order chi connectivity index (χ0) is 13.4. The van der Waals surface area contributed by atoms with Gasteiger partial charge in [0.25, 0.3) is 0 Å². The van der Waals surface area contributed by atoms with Gasteiger partial charge in [-0.1, -0.05) is 23.2 Å². The third kappa shape index (κ3) is 2.41. The lowest BCUT2D eigenvalue weighted by atomic mass is 10.2. The van der Waals surface area contributed by atoms with Crippen molar-refractivity contribution in [3.8, 4) is 0 Å². The second-order valence-electron chi connectivity index (χ2n) is 3.89. The number of halogens is 2. The summed E-state index contributed by atoms with van der Waals surface area (Å²) in [5, 5.41) is 4.37. The van der Waals surface area contributed by atoms with E-state index < -0.39 is 0 Å². The minimum atomic E-state index is 0.522. The average Bonchev–Trinajstić information content (AvgIpc) is 2.98. The van der Waals surface area contributed by atoms with E-state index in [0.717, 1.165) is 23.1 Å². The maximum Gasteiger partial charge on any atom is 0.130 e. The van der Waals surface area contributed by atoms with Crippen molar-refractivity contribution >= 4 is 63.0 Å². The van der Waals surface area contributed by atoms with E-state index in [0.29, 0.717) is 27.6 Å². The van der Waals surface area contributed by atoms with E-state index in [9.17, 15) is 0 Å². The van der Waals surface area contributed by atoms with Gasteiger partial charge in [-0.25, -0.2) is 4.98 Å². The van der Waals surface area contributed by atoms with E-state index >= 15 is 0 Å². The van der Waals surface area contributed by atoms with Gasteiger partial charge in [0.05, 0.1) is 45.2 Å². The van der Waals surface area contributed by atoms with Crippen LogP contribution in [0.4, 0.5) is 5.69 Å². The molecule has 0 radical (unpaired) electrons. The standard InChI is InChI=1S/C11H8Cl2N4S2/c1-5-8(18-4-15-5)3-14-9-6(12)2-7(13)10-11(9)17-19-16-10/h2,4,14H,3H2,1H3. The Balaban J connectivity index is 1.97. The first kappa shape index (κ1) is 13.1. The first-order chi connectivity index (χ1) is 9.16. The molecular weight excluding hydrogens is 323 g/mol. The predicted molar refractivity (Wildman–Crippen MR) is 81.6 cm³/mol. The minimum Gasteiger partial charge on any atom is -0.377 e. The Morgan fingerprint density at radius 3 is 2.74 bits per heavy atom. The molecule has 19 heavy (non-hydrogen) atoms. The van der Waals surface area contributed by atoms with Crippen LogP contribution >= 0.6 is 46.3 Å². The number of aryl methyl sites for hydroxylation is 1. The van der Waals surface area contributed by atoms with E-state index in [1.165, 1.54) is 4.88 Å². The van der Waals surface area contributed by atoms with E-state index in [1.54, 1.807) is 17.4 Å². The fourth-order valence-electron chi connectivity index (χ4n) is 1.71. The lowest BCUT2D eigenvalue weighted by Gasteiger charge is -2.08. The number of nitrogens with one attached hydrogen (secondary N) is 1.